The Labute approximate surface area is 147 Å². The van der Waals surface area contributed by atoms with Gasteiger partial charge in [-0.2, -0.15) is 0 Å². The standard InChI is InChI=1S/C17H25N3O5/c1-17(2,3)25-16(21)19-10-9-18(11-15(19)12-24-4)13-5-7-14(8-6-13)20(22)23/h5-8,15H,9-12H2,1-4H3/t15-/m1/s1. The van der Waals surface area contributed by atoms with Crippen LogP contribution in [0.4, 0.5) is 16.2 Å². The number of nitro groups is 1. The van der Waals surface area contributed by atoms with Crippen molar-refractivity contribution < 1.29 is 19.2 Å². The van der Waals surface area contributed by atoms with Crippen LogP contribution in [0.15, 0.2) is 24.3 Å². The van der Waals surface area contributed by atoms with Gasteiger partial charge in [0.25, 0.3) is 5.69 Å². The molecule has 25 heavy (non-hydrogen) atoms. The second kappa shape index (κ2) is 7.69. The normalized spacial score (nSPS) is 18.2. The Balaban J connectivity index is 2.09. The Morgan fingerprint density at radius 3 is 2.44 bits per heavy atom. The van der Waals surface area contributed by atoms with E-state index >= 15 is 0 Å². The van der Waals surface area contributed by atoms with E-state index in [1.54, 1.807) is 24.1 Å². The van der Waals surface area contributed by atoms with Crippen LogP contribution in [0, 0.1) is 10.1 Å². The highest BCUT2D eigenvalue weighted by Crippen LogP contribution is 2.23. The lowest BCUT2D eigenvalue weighted by Gasteiger charge is -2.42. The van der Waals surface area contributed by atoms with Crippen molar-refractivity contribution in [1.82, 2.24) is 4.90 Å². The molecule has 8 heteroatoms. The number of benzene rings is 1. The van der Waals surface area contributed by atoms with Gasteiger partial charge in [0.15, 0.2) is 0 Å². The zero-order valence-electron chi connectivity index (χ0n) is 15.1. The quantitative estimate of drug-likeness (QED) is 0.612. The monoisotopic (exact) mass is 351 g/mol. The number of nitrogens with zero attached hydrogens (tertiary/aromatic N) is 3. The van der Waals surface area contributed by atoms with Crippen LogP contribution < -0.4 is 4.90 Å². The summed E-state index contributed by atoms with van der Waals surface area (Å²) in [7, 11) is 1.60. The lowest BCUT2D eigenvalue weighted by Crippen LogP contribution is -2.57. The molecule has 0 unspecified atom stereocenters. The third-order valence-electron chi connectivity index (χ3n) is 3.90. The van der Waals surface area contributed by atoms with E-state index in [-0.39, 0.29) is 17.8 Å². The molecule has 8 nitrogen and oxygen atoms in total. The zero-order chi connectivity index (χ0) is 18.6. The van der Waals surface area contributed by atoms with Gasteiger partial charge in [-0.05, 0) is 32.9 Å². The molecule has 0 spiro atoms. The van der Waals surface area contributed by atoms with Gasteiger partial charge < -0.3 is 14.4 Å². The molecule has 0 aliphatic carbocycles. The summed E-state index contributed by atoms with van der Waals surface area (Å²) in [5.74, 6) is 0. The summed E-state index contributed by atoms with van der Waals surface area (Å²) in [4.78, 5) is 26.6. The van der Waals surface area contributed by atoms with E-state index in [1.807, 2.05) is 20.8 Å². The Morgan fingerprint density at radius 1 is 1.28 bits per heavy atom. The SMILES string of the molecule is COC[C@H]1CN(c2ccc([N+](=O)[O-])cc2)CCN1C(=O)OC(C)(C)C. The number of nitro benzene ring substituents is 1. The Kier molecular flexibility index (Phi) is 5.84. The average molecular weight is 351 g/mol. The molecule has 1 fully saturated rings. The second-order valence-electron chi connectivity index (χ2n) is 7.00. The minimum atomic E-state index is -0.551. The first-order chi connectivity index (χ1) is 11.7. The number of anilines is 1. The van der Waals surface area contributed by atoms with Crippen LogP contribution in [0.5, 0.6) is 0 Å². The number of ether oxygens (including phenoxy) is 2. The maximum Gasteiger partial charge on any atom is 0.410 e. The molecule has 0 bridgehead atoms. The van der Waals surface area contributed by atoms with Crippen molar-refractivity contribution in [3.8, 4) is 0 Å². The molecule has 1 heterocycles. The largest absolute Gasteiger partial charge is 0.444 e. The molecule has 1 amide bonds. The lowest BCUT2D eigenvalue weighted by atomic mass is 10.1. The predicted molar refractivity (Wildman–Crippen MR) is 93.9 cm³/mol. The van der Waals surface area contributed by atoms with Crippen molar-refractivity contribution in [2.75, 3.05) is 38.3 Å². The first kappa shape index (κ1) is 19.0. The second-order valence-corrected chi connectivity index (χ2v) is 7.00. The fourth-order valence-corrected chi connectivity index (χ4v) is 2.77. The average Bonchev–Trinajstić information content (AvgIpc) is 2.53. The van der Waals surface area contributed by atoms with E-state index in [2.05, 4.69) is 4.90 Å². The first-order valence-electron chi connectivity index (χ1n) is 8.19. The molecular weight excluding hydrogens is 326 g/mol. The number of methoxy groups -OCH3 is 1. The molecule has 1 saturated heterocycles. The number of carbonyl (C=O) groups is 1. The minimum absolute atomic E-state index is 0.0598. The van der Waals surface area contributed by atoms with Crippen molar-refractivity contribution in [1.29, 1.82) is 0 Å². The van der Waals surface area contributed by atoms with Crippen LogP contribution in [0.2, 0.25) is 0 Å². The van der Waals surface area contributed by atoms with Gasteiger partial charge in [0.1, 0.15) is 5.60 Å². The molecule has 1 atom stereocenters. The number of rotatable bonds is 4. The molecular formula is C17H25N3O5. The molecule has 1 aliphatic rings. The van der Waals surface area contributed by atoms with Gasteiger partial charge in [-0.15, -0.1) is 0 Å². The van der Waals surface area contributed by atoms with Gasteiger partial charge in [-0.1, -0.05) is 0 Å². The summed E-state index contributed by atoms with van der Waals surface area (Å²) in [5, 5.41) is 10.8. The molecule has 1 aliphatic heterocycles. The topological polar surface area (TPSA) is 85.2 Å². The highest BCUT2D eigenvalue weighted by atomic mass is 16.6. The molecule has 0 saturated carbocycles. The van der Waals surface area contributed by atoms with E-state index < -0.39 is 10.5 Å². The highest BCUT2D eigenvalue weighted by Gasteiger charge is 2.33. The van der Waals surface area contributed by atoms with Crippen molar-refractivity contribution in [3.05, 3.63) is 34.4 Å². The molecule has 0 aromatic heterocycles. The number of hydrogen-bond acceptors (Lipinski definition) is 6. The van der Waals surface area contributed by atoms with Gasteiger partial charge in [-0.3, -0.25) is 15.0 Å². The summed E-state index contributed by atoms with van der Waals surface area (Å²) in [6, 6.07) is 6.28. The van der Waals surface area contributed by atoms with Crippen LogP contribution in [0.1, 0.15) is 20.8 Å². The number of carbonyl (C=O) groups excluding carboxylic acids is 1. The fraction of sp³-hybridized carbons (Fsp3) is 0.588. The summed E-state index contributed by atoms with van der Waals surface area (Å²) < 4.78 is 10.7. The maximum absolute atomic E-state index is 12.4. The third kappa shape index (κ3) is 5.06. The fourth-order valence-electron chi connectivity index (χ4n) is 2.77. The molecule has 138 valence electrons. The molecule has 0 radical (unpaired) electrons. The maximum atomic E-state index is 12.4. The van der Waals surface area contributed by atoms with E-state index in [1.165, 1.54) is 12.1 Å². The summed E-state index contributed by atoms with van der Waals surface area (Å²) in [6.07, 6.45) is -0.349. The van der Waals surface area contributed by atoms with Gasteiger partial charge in [0.2, 0.25) is 0 Å². The molecule has 1 aromatic rings. The zero-order valence-corrected chi connectivity index (χ0v) is 15.1. The minimum Gasteiger partial charge on any atom is -0.444 e. The van der Waals surface area contributed by atoms with E-state index in [0.29, 0.717) is 26.2 Å². The first-order valence-corrected chi connectivity index (χ1v) is 8.19. The highest BCUT2D eigenvalue weighted by molar-refractivity contribution is 5.69. The third-order valence-corrected chi connectivity index (χ3v) is 3.90. The van der Waals surface area contributed by atoms with Crippen LogP contribution >= 0.6 is 0 Å². The smallest absolute Gasteiger partial charge is 0.410 e. The summed E-state index contributed by atoms with van der Waals surface area (Å²) in [6.45, 7) is 7.60. The van der Waals surface area contributed by atoms with Gasteiger partial charge in [0, 0.05) is 44.6 Å². The van der Waals surface area contributed by atoms with Gasteiger partial charge >= 0.3 is 6.09 Å². The van der Waals surface area contributed by atoms with Crippen molar-refractivity contribution in [2.45, 2.75) is 32.4 Å². The van der Waals surface area contributed by atoms with Crippen molar-refractivity contribution in [2.24, 2.45) is 0 Å². The van der Waals surface area contributed by atoms with Crippen LogP contribution in [0.25, 0.3) is 0 Å². The Hall–Kier alpha value is -2.35. The number of non-ortho nitro benzene ring substituents is 1. The molecule has 0 N–H and O–H groups in total. The van der Waals surface area contributed by atoms with E-state index in [0.717, 1.165) is 5.69 Å². The number of piperazine rings is 1. The van der Waals surface area contributed by atoms with Gasteiger partial charge in [0.05, 0.1) is 17.6 Å². The van der Waals surface area contributed by atoms with E-state index in [9.17, 15) is 14.9 Å². The lowest BCUT2D eigenvalue weighted by molar-refractivity contribution is -0.384. The Bertz CT molecular complexity index is 612. The van der Waals surface area contributed by atoms with Crippen LogP contribution in [-0.4, -0.2) is 60.9 Å². The van der Waals surface area contributed by atoms with Crippen molar-refractivity contribution in [3.63, 3.8) is 0 Å². The number of amides is 1. The van der Waals surface area contributed by atoms with E-state index in [4.69, 9.17) is 9.47 Å². The number of hydrogen-bond donors (Lipinski definition) is 0. The predicted octanol–water partition coefficient (Wildman–Crippen LogP) is 2.67. The van der Waals surface area contributed by atoms with Gasteiger partial charge in [-0.25, -0.2) is 4.79 Å². The van der Waals surface area contributed by atoms with Crippen molar-refractivity contribution >= 4 is 17.5 Å². The van der Waals surface area contributed by atoms with Crippen LogP contribution in [0.3, 0.4) is 0 Å². The molecule has 2 rings (SSSR count). The summed E-state index contributed by atoms with van der Waals surface area (Å²) >= 11 is 0. The Morgan fingerprint density at radius 2 is 1.92 bits per heavy atom. The molecule has 1 aromatic carbocycles. The van der Waals surface area contributed by atoms with Crippen LogP contribution in [-0.2, 0) is 9.47 Å². The summed E-state index contributed by atoms with van der Waals surface area (Å²) in [5.41, 5.74) is 0.393.